The summed E-state index contributed by atoms with van der Waals surface area (Å²) >= 11 is 0. The predicted octanol–water partition coefficient (Wildman–Crippen LogP) is 3.95. The van der Waals surface area contributed by atoms with Crippen LogP contribution in [0.1, 0.15) is 93.4 Å². The number of aliphatic hydroxyl groups excluding tert-OH is 3. The third kappa shape index (κ3) is 12.3. The number of carbonyl (C=O) groups is 5. The van der Waals surface area contributed by atoms with Crippen molar-refractivity contribution in [1.29, 1.82) is 0 Å². The molecule has 0 aromatic rings. The predicted molar refractivity (Wildman–Crippen MR) is 160 cm³/mol. The van der Waals surface area contributed by atoms with Crippen molar-refractivity contribution in [3.63, 3.8) is 0 Å². The zero-order valence-electron chi connectivity index (χ0n) is 26.6. The Kier molecular flexibility index (Phi) is 15.9. The minimum absolute atomic E-state index is 0.0736. The van der Waals surface area contributed by atoms with E-state index < -0.39 is 60.6 Å². The van der Waals surface area contributed by atoms with Crippen molar-refractivity contribution in [2.75, 3.05) is 0 Å². The minimum atomic E-state index is -1.58. The zero-order valence-corrected chi connectivity index (χ0v) is 26.6. The number of cyclic esters (lactones) is 2. The van der Waals surface area contributed by atoms with E-state index in [1.807, 2.05) is 13.8 Å². The fraction of sp³-hybridized carbons (Fsp3) is 0.667. The maximum absolute atomic E-state index is 12.8. The molecule has 0 spiro atoms. The van der Waals surface area contributed by atoms with Crippen molar-refractivity contribution in [2.45, 2.75) is 118 Å². The summed E-state index contributed by atoms with van der Waals surface area (Å²) < 4.78 is 9.71. The standard InChI is InChI=1S/C33H50O10/c1-9-24(10-2)15-25(34)14-19(4)13-18(3)11-12-26(35)21(6)28(37)16-27(36)20(5)23(8)42-30(39)17-29(38)31-22(7)32(40)43-33(31)41/h9,15,18-21,23,26-27,29,35-36,38H,1,10-14,16-17H2,2-8H3/b24-15-/t18-,19+,20-,21-,23+,26-,27+,29+/m0/s1. The van der Waals surface area contributed by atoms with E-state index in [1.54, 1.807) is 26.0 Å². The monoisotopic (exact) mass is 606 g/mol. The summed E-state index contributed by atoms with van der Waals surface area (Å²) in [6.45, 7) is 15.8. The van der Waals surface area contributed by atoms with Crippen LogP contribution in [0.5, 0.6) is 0 Å². The number of hydrogen-bond donors (Lipinski definition) is 3. The summed E-state index contributed by atoms with van der Waals surface area (Å²) in [6, 6.07) is 0. The van der Waals surface area contributed by atoms with Gasteiger partial charge in [-0.1, -0.05) is 47.3 Å². The Balaban J connectivity index is 2.51. The smallest absolute Gasteiger partial charge is 0.345 e. The SMILES string of the molecule is C=C/C(=C/C(=O)C[C@H](C)C[C@@H](C)CC[C@H](O)[C@H](C)C(=O)C[C@@H](O)[C@@H](C)[C@@H](C)OC(=O)C[C@@H](O)C1=C(C)C(=O)OC1=O)CC. The molecule has 1 aliphatic rings. The van der Waals surface area contributed by atoms with Crippen molar-refractivity contribution >= 4 is 29.5 Å². The molecule has 0 fully saturated rings. The highest BCUT2D eigenvalue weighted by Crippen LogP contribution is 2.25. The Bertz CT molecular complexity index is 1090. The second-order valence-corrected chi connectivity index (χ2v) is 12.1. The molecule has 0 aromatic heterocycles. The van der Waals surface area contributed by atoms with Crippen LogP contribution in [0.25, 0.3) is 0 Å². The first-order valence-electron chi connectivity index (χ1n) is 15.1. The molecule has 10 nitrogen and oxygen atoms in total. The van der Waals surface area contributed by atoms with Gasteiger partial charge in [-0.3, -0.25) is 14.4 Å². The summed E-state index contributed by atoms with van der Waals surface area (Å²) in [5.74, 6) is -3.91. The van der Waals surface area contributed by atoms with Crippen molar-refractivity contribution in [3.05, 3.63) is 35.5 Å². The van der Waals surface area contributed by atoms with Crippen molar-refractivity contribution in [3.8, 4) is 0 Å². The first-order chi connectivity index (χ1) is 20.0. The maximum atomic E-state index is 12.8. The van der Waals surface area contributed by atoms with Crippen molar-refractivity contribution in [1.82, 2.24) is 0 Å². The third-order valence-corrected chi connectivity index (χ3v) is 8.30. The molecule has 1 heterocycles. The summed E-state index contributed by atoms with van der Waals surface area (Å²) in [7, 11) is 0. The number of hydrogen-bond acceptors (Lipinski definition) is 10. The van der Waals surface area contributed by atoms with Gasteiger partial charge in [-0.15, -0.1) is 0 Å². The lowest BCUT2D eigenvalue weighted by molar-refractivity contribution is -0.154. The Morgan fingerprint density at radius 2 is 1.53 bits per heavy atom. The highest BCUT2D eigenvalue weighted by molar-refractivity contribution is 6.12. The topological polar surface area (TPSA) is 164 Å². The van der Waals surface area contributed by atoms with Crippen LogP contribution in [0.3, 0.4) is 0 Å². The van der Waals surface area contributed by atoms with E-state index in [9.17, 15) is 39.3 Å². The number of esters is 3. The molecule has 0 unspecified atom stereocenters. The van der Waals surface area contributed by atoms with E-state index in [0.29, 0.717) is 19.3 Å². The average molecular weight is 607 g/mol. The molecule has 3 N–H and O–H groups in total. The highest BCUT2D eigenvalue weighted by Gasteiger charge is 2.36. The lowest BCUT2D eigenvalue weighted by Crippen LogP contribution is -2.36. The molecule has 0 radical (unpaired) electrons. The molecule has 10 heteroatoms. The normalized spacial score (nSPS) is 19.5. The van der Waals surface area contributed by atoms with Crippen LogP contribution in [0.15, 0.2) is 35.5 Å². The zero-order chi connectivity index (χ0) is 33.0. The van der Waals surface area contributed by atoms with Gasteiger partial charge < -0.3 is 24.8 Å². The van der Waals surface area contributed by atoms with Crippen LogP contribution in [0.2, 0.25) is 0 Å². The molecule has 0 aromatic carbocycles. The van der Waals surface area contributed by atoms with Gasteiger partial charge in [-0.2, -0.15) is 0 Å². The fourth-order valence-electron chi connectivity index (χ4n) is 5.10. The van der Waals surface area contributed by atoms with E-state index in [0.717, 1.165) is 18.4 Å². The lowest BCUT2D eigenvalue weighted by atomic mass is 9.85. The molecule has 0 saturated carbocycles. The second-order valence-electron chi connectivity index (χ2n) is 12.1. The van der Waals surface area contributed by atoms with Crippen molar-refractivity contribution in [2.24, 2.45) is 23.7 Å². The number of ketones is 2. The molecule has 0 saturated heterocycles. The van der Waals surface area contributed by atoms with Crippen molar-refractivity contribution < 1.29 is 48.8 Å². The Morgan fingerprint density at radius 3 is 2.07 bits per heavy atom. The molecule has 1 rings (SSSR count). The highest BCUT2D eigenvalue weighted by atomic mass is 16.6. The van der Waals surface area contributed by atoms with E-state index in [2.05, 4.69) is 18.2 Å². The summed E-state index contributed by atoms with van der Waals surface area (Å²) in [4.78, 5) is 60.6. The molecule has 8 atom stereocenters. The number of ether oxygens (including phenoxy) is 2. The first kappa shape index (κ1) is 38.1. The number of allylic oxidation sites excluding steroid dienone is 3. The van der Waals surface area contributed by atoms with E-state index >= 15 is 0 Å². The first-order valence-corrected chi connectivity index (χ1v) is 15.1. The fourth-order valence-corrected chi connectivity index (χ4v) is 5.10. The van der Waals surface area contributed by atoms with Gasteiger partial charge in [0, 0.05) is 30.3 Å². The molecule has 0 amide bonds. The number of rotatable bonds is 20. The Morgan fingerprint density at radius 1 is 0.907 bits per heavy atom. The van der Waals surface area contributed by atoms with Gasteiger partial charge in [0.2, 0.25) is 0 Å². The summed E-state index contributed by atoms with van der Waals surface area (Å²) in [5, 5.41) is 31.5. The summed E-state index contributed by atoms with van der Waals surface area (Å²) in [6.07, 6.45) is 1.16. The van der Waals surface area contributed by atoms with Gasteiger partial charge in [-0.25, -0.2) is 9.59 Å². The van der Waals surface area contributed by atoms with Gasteiger partial charge in [-0.05, 0) is 63.0 Å². The number of Topliss-reactive ketones (excluding diaryl/α,β-unsaturated/α-hetero) is 1. The van der Waals surface area contributed by atoms with Gasteiger partial charge in [0.15, 0.2) is 5.78 Å². The van der Waals surface area contributed by atoms with Gasteiger partial charge in [0.25, 0.3) is 0 Å². The molecule has 0 bridgehead atoms. The second kappa shape index (κ2) is 18.0. The molecular weight excluding hydrogens is 556 g/mol. The van der Waals surface area contributed by atoms with Crippen LogP contribution in [0.4, 0.5) is 0 Å². The van der Waals surface area contributed by atoms with Crippen LogP contribution in [0, 0.1) is 23.7 Å². The third-order valence-electron chi connectivity index (χ3n) is 8.30. The lowest BCUT2D eigenvalue weighted by Gasteiger charge is -2.27. The molecule has 0 aliphatic carbocycles. The molecular formula is C33H50O10. The quantitative estimate of drug-likeness (QED) is 0.0800. The van der Waals surface area contributed by atoms with Crippen LogP contribution < -0.4 is 0 Å². The largest absolute Gasteiger partial charge is 0.462 e. The molecule has 43 heavy (non-hydrogen) atoms. The number of aliphatic hydroxyl groups is 3. The molecule has 242 valence electrons. The van der Waals surface area contributed by atoms with Crippen LogP contribution >= 0.6 is 0 Å². The van der Waals surface area contributed by atoms with Crippen LogP contribution in [-0.4, -0.2) is 69.2 Å². The Hall–Kier alpha value is -2.95. The van der Waals surface area contributed by atoms with Crippen LogP contribution in [-0.2, 0) is 33.4 Å². The van der Waals surface area contributed by atoms with E-state index in [-0.39, 0.29) is 41.0 Å². The van der Waals surface area contributed by atoms with E-state index in [1.165, 1.54) is 13.8 Å². The molecule has 1 aliphatic heterocycles. The summed E-state index contributed by atoms with van der Waals surface area (Å²) in [5.41, 5.74) is 0.552. The minimum Gasteiger partial charge on any atom is -0.462 e. The average Bonchev–Trinajstić information content (AvgIpc) is 3.19. The maximum Gasteiger partial charge on any atom is 0.345 e. The van der Waals surface area contributed by atoms with Gasteiger partial charge >= 0.3 is 17.9 Å². The Labute approximate surface area is 255 Å². The van der Waals surface area contributed by atoms with Gasteiger partial charge in [0.1, 0.15) is 11.9 Å². The van der Waals surface area contributed by atoms with E-state index in [4.69, 9.17) is 4.74 Å². The number of carbonyl (C=O) groups excluding carboxylic acids is 5. The van der Waals surface area contributed by atoms with Gasteiger partial charge in [0.05, 0.1) is 30.3 Å².